The van der Waals surface area contributed by atoms with Gasteiger partial charge in [0.25, 0.3) is 5.91 Å². The third kappa shape index (κ3) is 5.84. The zero-order chi connectivity index (χ0) is 29.3. The predicted octanol–water partition coefficient (Wildman–Crippen LogP) is 4.56. The highest BCUT2D eigenvalue weighted by Gasteiger charge is 2.40. The van der Waals surface area contributed by atoms with Crippen molar-refractivity contribution in [3.8, 4) is 16.5 Å². The van der Waals surface area contributed by atoms with Gasteiger partial charge in [-0.3, -0.25) is 4.79 Å². The normalized spacial score (nSPS) is 23.2. The van der Waals surface area contributed by atoms with Crippen molar-refractivity contribution in [1.82, 2.24) is 15.5 Å². The van der Waals surface area contributed by atoms with Gasteiger partial charge in [0.15, 0.2) is 0 Å². The molecule has 3 atom stereocenters. The van der Waals surface area contributed by atoms with Gasteiger partial charge in [-0.1, -0.05) is 24.3 Å². The minimum Gasteiger partial charge on any atom is -0.379 e. The summed E-state index contributed by atoms with van der Waals surface area (Å²) in [5, 5.41) is 16.6. The van der Waals surface area contributed by atoms with Crippen LogP contribution in [0.2, 0.25) is 0 Å². The third-order valence-electron chi connectivity index (χ3n) is 9.47. The first kappa shape index (κ1) is 29.2. The molecule has 2 N–H and O–H groups in total. The second kappa shape index (κ2) is 12.4. The zero-order valence-corrected chi connectivity index (χ0v) is 25.2. The number of methoxy groups -OCH3 is 1. The molecule has 9 heteroatoms. The van der Waals surface area contributed by atoms with Crippen LogP contribution in [-0.2, 0) is 32.5 Å². The number of nitriles is 1. The molecule has 0 saturated carbocycles. The molecule has 1 spiro atoms. The number of likely N-dealkylation sites (tertiary alicyclic amines) is 1. The molecule has 42 heavy (non-hydrogen) atoms. The number of ether oxygens (including phenoxy) is 2. The number of nitrogens with one attached hydrogen (secondary N) is 2. The molecule has 3 aromatic rings. The van der Waals surface area contributed by atoms with Crippen LogP contribution in [0.1, 0.15) is 42.4 Å². The number of halogens is 1. The Hall–Kier alpha value is -2.87. The van der Waals surface area contributed by atoms with Crippen molar-refractivity contribution < 1.29 is 18.7 Å². The maximum Gasteiger partial charge on any atom is 0.251 e. The molecule has 222 valence electrons. The van der Waals surface area contributed by atoms with Crippen molar-refractivity contribution in [3.05, 3.63) is 58.9 Å². The number of rotatable bonds is 6. The Bertz CT molecular complexity index is 1490. The lowest BCUT2D eigenvalue weighted by atomic mass is 9.73. The summed E-state index contributed by atoms with van der Waals surface area (Å²) in [6.07, 6.45) is 4.78. The number of fused-ring (bicyclic) bond motifs is 3. The Labute approximate surface area is 251 Å². The average molecular weight is 591 g/mol. The lowest BCUT2D eigenvalue weighted by molar-refractivity contribution is -0.136. The molecule has 1 aliphatic carbocycles. The Balaban J connectivity index is 1.18. The van der Waals surface area contributed by atoms with E-state index in [1.54, 1.807) is 13.2 Å². The van der Waals surface area contributed by atoms with Crippen LogP contribution in [0.25, 0.3) is 20.5 Å². The standard InChI is InChI=1S/C33H39FN4O3S/c1-38-13-10-33(11-14-38)9-7-21-3-4-22(16-27(21)33)29-17-24-6-5-23(30(34)31(24)42-29)15-25(18-35)37-32(39)28-19-36-12-8-26(40-2)20-41-28/h3-6,16-17,25-26,28,36H,7-15,19-20H2,1-2H3,(H,37,39)/t25?,26-,28+/m1/s1. The van der Waals surface area contributed by atoms with Gasteiger partial charge in [0.05, 0.1) is 23.5 Å². The molecule has 7 nitrogen and oxygen atoms in total. The first-order valence-electron chi connectivity index (χ1n) is 15.0. The van der Waals surface area contributed by atoms with Crippen molar-refractivity contribution in [2.24, 2.45) is 0 Å². The fourth-order valence-corrected chi connectivity index (χ4v) is 7.87. The smallest absolute Gasteiger partial charge is 0.251 e. The van der Waals surface area contributed by atoms with Gasteiger partial charge in [0.1, 0.15) is 18.0 Å². The molecule has 1 unspecified atom stereocenters. The van der Waals surface area contributed by atoms with Gasteiger partial charge in [0.2, 0.25) is 0 Å². The summed E-state index contributed by atoms with van der Waals surface area (Å²) in [6, 6.07) is 13.8. The highest BCUT2D eigenvalue weighted by Crippen LogP contribution is 2.48. The number of carbonyl (C=O) groups excluding carboxylic acids is 1. The fourth-order valence-electron chi connectivity index (χ4n) is 6.76. The molecule has 0 bridgehead atoms. The number of aryl methyl sites for hydroxylation is 1. The van der Waals surface area contributed by atoms with Crippen molar-refractivity contribution in [2.75, 3.05) is 46.9 Å². The molecule has 2 fully saturated rings. The SMILES string of the molecule is CO[C@@H]1CCNC[C@@H](C(=O)NC(C#N)Cc2ccc3cc(-c4ccc5c(c4)C4(CC5)CCN(C)CC4)sc3c2F)OC1. The average Bonchev–Trinajstić information content (AvgIpc) is 3.58. The van der Waals surface area contributed by atoms with Crippen LogP contribution in [0.5, 0.6) is 0 Å². The predicted molar refractivity (Wildman–Crippen MR) is 163 cm³/mol. The summed E-state index contributed by atoms with van der Waals surface area (Å²) in [7, 11) is 3.82. The van der Waals surface area contributed by atoms with E-state index in [0.717, 1.165) is 41.8 Å². The summed E-state index contributed by atoms with van der Waals surface area (Å²) in [5.74, 6) is -0.706. The first-order chi connectivity index (χ1) is 20.4. The van der Waals surface area contributed by atoms with E-state index < -0.39 is 12.1 Å². The monoisotopic (exact) mass is 590 g/mol. The molecule has 2 aromatic carbocycles. The molecule has 2 aliphatic heterocycles. The Morgan fingerprint density at radius 1 is 1.29 bits per heavy atom. The quantitative estimate of drug-likeness (QED) is 0.438. The molecule has 1 amide bonds. The number of benzene rings is 2. The summed E-state index contributed by atoms with van der Waals surface area (Å²) in [5.41, 5.74) is 4.77. The second-order valence-corrected chi connectivity index (χ2v) is 13.1. The van der Waals surface area contributed by atoms with E-state index in [0.29, 0.717) is 30.0 Å². The maximum atomic E-state index is 15.8. The van der Waals surface area contributed by atoms with Crippen LogP contribution >= 0.6 is 11.3 Å². The number of thiophene rings is 1. The molecule has 3 heterocycles. The molecule has 2 saturated heterocycles. The molecule has 3 aliphatic rings. The fraction of sp³-hybridized carbons (Fsp3) is 0.515. The summed E-state index contributed by atoms with van der Waals surface area (Å²) in [6.45, 7) is 3.62. The van der Waals surface area contributed by atoms with E-state index in [1.165, 1.54) is 41.7 Å². The largest absolute Gasteiger partial charge is 0.379 e. The van der Waals surface area contributed by atoms with Gasteiger partial charge >= 0.3 is 0 Å². The Morgan fingerprint density at radius 2 is 2.12 bits per heavy atom. The van der Waals surface area contributed by atoms with Crippen molar-refractivity contribution >= 4 is 27.3 Å². The van der Waals surface area contributed by atoms with Gasteiger partial charge in [-0.15, -0.1) is 11.3 Å². The van der Waals surface area contributed by atoms with E-state index in [1.807, 2.05) is 6.07 Å². The van der Waals surface area contributed by atoms with Crippen LogP contribution in [0.4, 0.5) is 4.39 Å². The van der Waals surface area contributed by atoms with E-state index in [2.05, 4.69) is 52.9 Å². The van der Waals surface area contributed by atoms with Crippen LogP contribution in [0.3, 0.4) is 0 Å². The molecule has 1 aromatic heterocycles. The molecule has 6 rings (SSSR count). The van der Waals surface area contributed by atoms with Crippen LogP contribution in [0.15, 0.2) is 36.4 Å². The number of hydrogen-bond acceptors (Lipinski definition) is 7. The minimum absolute atomic E-state index is 0.0773. The van der Waals surface area contributed by atoms with E-state index >= 15 is 4.39 Å². The number of piperidine rings is 1. The van der Waals surface area contributed by atoms with Crippen LogP contribution in [0, 0.1) is 17.1 Å². The summed E-state index contributed by atoms with van der Waals surface area (Å²) in [4.78, 5) is 16.4. The number of amides is 1. The van der Waals surface area contributed by atoms with Gasteiger partial charge in [-0.05, 0) is 104 Å². The van der Waals surface area contributed by atoms with Crippen molar-refractivity contribution in [1.29, 1.82) is 5.26 Å². The highest BCUT2D eigenvalue weighted by atomic mass is 32.1. The van der Waals surface area contributed by atoms with Crippen LogP contribution in [-0.4, -0.2) is 76.0 Å². The lowest BCUT2D eigenvalue weighted by Gasteiger charge is -2.38. The first-order valence-corrected chi connectivity index (χ1v) is 15.8. The van der Waals surface area contributed by atoms with E-state index in [-0.39, 0.29) is 29.7 Å². The topological polar surface area (TPSA) is 86.6 Å². The number of nitrogens with zero attached hydrogens (tertiary/aromatic N) is 2. The van der Waals surface area contributed by atoms with Gasteiger partial charge in [0, 0.05) is 25.0 Å². The second-order valence-electron chi connectivity index (χ2n) is 12.1. The number of hydrogen-bond donors (Lipinski definition) is 2. The minimum atomic E-state index is -0.876. The number of carbonyl (C=O) groups is 1. The molecular weight excluding hydrogens is 551 g/mol. The van der Waals surface area contributed by atoms with Gasteiger partial charge in [-0.25, -0.2) is 4.39 Å². The zero-order valence-electron chi connectivity index (χ0n) is 24.4. The summed E-state index contributed by atoms with van der Waals surface area (Å²) >= 11 is 1.46. The molecule has 0 radical (unpaired) electrons. The lowest BCUT2D eigenvalue weighted by Crippen LogP contribution is -2.49. The van der Waals surface area contributed by atoms with Gasteiger partial charge < -0.3 is 25.0 Å². The van der Waals surface area contributed by atoms with Crippen molar-refractivity contribution in [3.63, 3.8) is 0 Å². The Kier molecular flexibility index (Phi) is 8.62. The van der Waals surface area contributed by atoms with Crippen LogP contribution < -0.4 is 10.6 Å². The van der Waals surface area contributed by atoms with E-state index in [4.69, 9.17) is 9.47 Å². The highest BCUT2D eigenvalue weighted by molar-refractivity contribution is 7.22. The van der Waals surface area contributed by atoms with Crippen molar-refractivity contribution in [2.45, 2.75) is 62.2 Å². The van der Waals surface area contributed by atoms with E-state index in [9.17, 15) is 10.1 Å². The Morgan fingerprint density at radius 3 is 2.90 bits per heavy atom. The van der Waals surface area contributed by atoms with Gasteiger partial charge in [-0.2, -0.15) is 5.26 Å². The maximum absolute atomic E-state index is 15.8. The molecular formula is C33H39FN4O3S. The third-order valence-corrected chi connectivity index (χ3v) is 10.7. The summed E-state index contributed by atoms with van der Waals surface area (Å²) < 4.78 is 27.6.